The maximum Gasteiger partial charge on any atom is 0.416 e. The lowest BCUT2D eigenvalue weighted by molar-refractivity contribution is 0.0566. The molecule has 0 bridgehead atoms. The summed E-state index contributed by atoms with van der Waals surface area (Å²) in [5, 5.41) is 0. The van der Waals surface area contributed by atoms with Gasteiger partial charge in [0.2, 0.25) is 0 Å². The summed E-state index contributed by atoms with van der Waals surface area (Å²) < 4.78 is 5.63. The van der Waals surface area contributed by atoms with Crippen LogP contribution in [0.3, 0.4) is 0 Å². The molecule has 2 atom stereocenters. The number of ether oxygens (including phenoxy) is 1. The van der Waals surface area contributed by atoms with E-state index in [2.05, 4.69) is 53.2 Å². The largest absolute Gasteiger partial charge is 0.443 e. The Morgan fingerprint density at radius 3 is 2.57 bits per heavy atom. The van der Waals surface area contributed by atoms with Gasteiger partial charge in [0.15, 0.2) is 0 Å². The van der Waals surface area contributed by atoms with Crippen molar-refractivity contribution < 1.29 is 9.53 Å². The van der Waals surface area contributed by atoms with Crippen LogP contribution < -0.4 is 4.90 Å². The molecule has 2 aromatic rings. The van der Waals surface area contributed by atoms with Crippen molar-refractivity contribution in [3.63, 3.8) is 0 Å². The van der Waals surface area contributed by atoms with E-state index in [9.17, 15) is 4.79 Å². The molecule has 1 aromatic carbocycles. The molecule has 0 N–H and O–H groups in total. The Hall–Kier alpha value is -2.40. The van der Waals surface area contributed by atoms with Gasteiger partial charge >= 0.3 is 6.09 Å². The van der Waals surface area contributed by atoms with Gasteiger partial charge in [-0.3, -0.25) is 9.80 Å². The summed E-state index contributed by atoms with van der Waals surface area (Å²) in [7, 11) is 0. The zero-order valence-electron chi connectivity index (χ0n) is 19.0. The minimum absolute atomic E-state index is 0.0132. The Labute approximate surface area is 181 Å². The van der Waals surface area contributed by atoms with Crippen LogP contribution in [0, 0.1) is 0 Å². The summed E-state index contributed by atoms with van der Waals surface area (Å²) in [6, 6.07) is 15.1. The van der Waals surface area contributed by atoms with Crippen LogP contribution in [0.25, 0.3) is 0 Å². The summed E-state index contributed by atoms with van der Waals surface area (Å²) in [4.78, 5) is 21.7. The second kappa shape index (κ2) is 9.61. The first-order chi connectivity index (χ1) is 14.3. The van der Waals surface area contributed by atoms with Gasteiger partial charge in [0.25, 0.3) is 0 Å². The molecule has 0 saturated carbocycles. The number of benzene rings is 1. The fourth-order valence-corrected chi connectivity index (χ4v) is 3.94. The first kappa shape index (κ1) is 22.3. The second-order valence-corrected chi connectivity index (χ2v) is 9.17. The molecule has 1 saturated heterocycles. The average Bonchev–Trinajstić information content (AvgIpc) is 3.16. The number of anilines is 1. The smallest absolute Gasteiger partial charge is 0.416 e. The van der Waals surface area contributed by atoms with E-state index < -0.39 is 5.60 Å². The summed E-state index contributed by atoms with van der Waals surface area (Å²) in [5.41, 5.74) is 2.01. The minimum Gasteiger partial charge on any atom is -0.443 e. The molecule has 0 aliphatic carbocycles. The fraction of sp³-hybridized carbons (Fsp3) is 0.520. The standard InChI is InChI=1S/C25H35N3O2/c1-6-19(2)28(24(29)30-25(3,4)5)23-15-14-21(17-26-23)22-13-10-16-27(22)18-20-11-8-7-9-12-20/h7-9,11-12,14-15,17,19,22H,6,10,13,16,18H2,1-5H3/t19-,22-/m1/s1. The second-order valence-electron chi connectivity index (χ2n) is 9.17. The van der Waals surface area contributed by atoms with Gasteiger partial charge in [-0.25, -0.2) is 9.78 Å². The van der Waals surface area contributed by atoms with E-state index in [4.69, 9.17) is 4.74 Å². The van der Waals surface area contributed by atoms with E-state index in [-0.39, 0.29) is 12.1 Å². The van der Waals surface area contributed by atoms with Crippen LogP contribution >= 0.6 is 0 Å². The average molecular weight is 410 g/mol. The molecule has 2 heterocycles. The number of hydrogen-bond donors (Lipinski definition) is 0. The fourth-order valence-electron chi connectivity index (χ4n) is 3.94. The Morgan fingerprint density at radius 1 is 1.23 bits per heavy atom. The molecular formula is C25H35N3O2. The molecule has 0 spiro atoms. The number of nitrogens with zero attached hydrogens (tertiary/aromatic N) is 3. The first-order valence-corrected chi connectivity index (χ1v) is 11.0. The molecule has 0 radical (unpaired) electrons. The van der Waals surface area contributed by atoms with Crippen molar-refractivity contribution in [3.05, 3.63) is 59.8 Å². The highest BCUT2D eigenvalue weighted by Gasteiger charge is 2.29. The summed E-state index contributed by atoms with van der Waals surface area (Å²) in [6.45, 7) is 11.8. The van der Waals surface area contributed by atoms with Gasteiger partial charge in [0.05, 0.1) is 0 Å². The van der Waals surface area contributed by atoms with Crippen LogP contribution in [0.2, 0.25) is 0 Å². The first-order valence-electron chi connectivity index (χ1n) is 11.0. The molecule has 5 heteroatoms. The third-order valence-electron chi connectivity index (χ3n) is 5.62. The van der Waals surface area contributed by atoms with Gasteiger partial charge < -0.3 is 4.74 Å². The Balaban J connectivity index is 1.77. The van der Waals surface area contributed by atoms with E-state index in [0.717, 1.165) is 25.9 Å². The summed E-state index contributed by atoms with van der Waals surface area (Å²) in [6.07, 6.45) is 4.74. The topological polar surface area (TPSA) is 45.7 Å². The summed E-state index contributed by atoms with van der Waals surface area (Å²) >= 11 is 0. The molecule has 5 nitrogen and oxygen atoms in total. The number of pyridine rings is 1. The van der Waals surface area contributed by atoms with Crippen molar-refractivity contribution >= 4 is 11.9 Å². The zero-order valence-corrected chi connectivity index (χ0v) is 19.0. The van der Waals surface area contributed by atoms with Crippen LogP contribution in [-0.2, 0) is 11.3 Å². The molecule has 1 aromatic heterocycles. The number of likely N-dealkylation sites (tertiary alicyclic amines) is 1. The Bertz CT molecular complexity index is 815. The van der Waals surface area contributed by atoms with Gasteiger partial charge in [0, 0.05) is 24.8 Å². The Kier molecular flexibility index (Phi) is 7.14. The SMILES string of the molecule is CC[C@@H](C)N(C(=O)OC(C)(C)C)c1ccc([C@H]2CCCN2Cc2ccccc2)cn1. The molecule has 1 aliphatic rings. The van der Waals surface area contributed by atoms with Crippen molar-refractivity contribution in [2.45, 2.75) is 78.1 Å². The van der Waals surface area contributed by atoms with Crippen molar-refractivity contribution in [3.8, 4) is 0 Å². The van der Waals surface area contributed by atoms with E-state index >= 15 is 0 Å². The number of carbonyl (C=O) groups excluding carboxylic acids is 1. The van der Waals surface area contributed by atoms with Crippen LogP contribution in [0.4, 0.5) is 10.6 Å². The van der Waals surface area contributed by atoms with Gasteiger partial charge in [-0.1, -0.05) is 43.3 Å². The lowest BCUT2D eigenvalue weighted by Gasteiger charge is -2.31. The molecule has 1 aliphatic heterocycles. The highest BCUT2D eigenvalue weighted by Crippen LogP contribution is 2.33. The molecule has 1 amide bonds. The predicted octanol–water partition coefficient (Wildman–Crippen LogP) is 5.96. The highest BCUT2D eigenvalue weighted by atomic mass is 16.6. The van der Waals surface area contributed by atoms with Gasteiger partial charge in [-0.2, -0.15) is 0 Å². The van der Waals surface area contributed by atoms with Crippen LogP contribution in [0.5, 0.6) is 0 Å². The van der Waals surface area contributed by atoms with Crippen LogP contribution in [0.15, 0.2) is 48.7 Å². The van der Waals surface area contributed by atoms with E-state index in [1.165, 1.54) is 17.5 Å². The molecule has 162 valence electrons. The minimum atomic E-state index is -0.537. The maximum atomic E-state index is 12.8. The number of aromatic nitrogens is 1. The highest BCUT2D eigenvalue weighted by molar-refractivity contribution is 5.87. The quantitative estimate of drug-likeness (QED) is 0.591. The van der Waals surface area contributed by atoms with Gasteiger partial charge in [-0.05, 0) is 70.7 Å². The van der Waals surface area contributed by atoms with Crippen molar-refractivity contribution in [2.75, 3.05) is 11.4 Å². The normalized spacial score (nSPS) is 18.2. The maximum absolute atomic E-state index is 12.8. The molecule has 3 rings (SSSR count). The lowest BCUT2D eigenvalue weighted by atomic mass is 10.1. The van der Waals surface area contributed by atoms with Gasteiger partial charge in [-0.15, -0.1) is 0 Å². The van der Waals surface area contributed by atoms with Gasteiger partial charge in [0.1, 0.15) is 11.4 Å². The third kappa shape index (κ3) is 5.60. The Morgan fingerprint density at radius 2 is 1.97 bits per heavy atom. The third-order valence-corrected chi connectivity index (χ3v) is 5.62. The molecule has 1 fully saturated rings. The number of amides is 1. The monoisotopic (exact) mass is 409 g/mol. The molecular weight excluding hydrogens is 374 g/mol. The number of hydrogen-bond acceptors (Lipinski definition) is 4. The van der Waals surface area contributed by atoms with E-state index in [0.29, 0.717) is 11.9 Å². The van der Waals surface area contributed by atoms with Crippen molar-refractivity contribution in [1.82, 2.24) is 9.88 Å². The predicted molar refractivity (Wildman–Crippen MR) is 122 cm³/mol. The van der Waals surface area contributed by atoms with E-state index in [1.807, 2.05) is 40.0 Å². The number of carbonyl (C=O) groups is 1. The summed E-state index contributed by atoms with van der Waals surface area (Å²) in [5.74, 6) is 0.648. The van der Waals surface area contributed by atoms with Crippen LogP contribution in [-0.4, -0.2) is 34.2 Å². The lowest BCUT2D eigenvalue weighted by Crippen LogP contribution is -2.42. The van der Waals surface area contributed by atoms with E-state index in [1.54, 1.807) is 4.90 Å². The molecule has 30 heavy (non-hydrogen) atoms. The number of rotatable bonds is 6. The van der Waals surface area contributed by atoms with Crippen molar-refractivity contribution in [1.29, 1.82) is 0 Å². The molecule has 0 unspecified atom stereocenters. The van der Waals surface area contributed by atoms with Crippen LogP contribution in [0.1, 0.15) is 71.0 Å². The zero-order chi connectivity index (χ0) is 21.7. The van der Waals surface area contributed by atoms with Crippen molar-refractivity contribution in [2.24, 2.45) is 0 Å².